The lowest BCUT2D eigenvalue weighted by molar-refractivity contribution is 0.331. The Morgan fingerprint density at radius 2 is 1.93 bits per heavy atom. The van der Waals surface area contributed by atoms with Gasteiger partial charge in [-0.1, -0.05) is 36.2 Å². The zero-order valence-electron chi connectivity index (χ0n) is 15.6. The molecule has 4 rings (SSSR count). The van der Waals surface area contributed by atoms with E-state index >= 15 is 0 Å². The van der Waals surface area contributed by atoms with Gasteiger partial charge in [-0.15, -0.1) is 10.2 Å². The van der Waals surface area contributed by atoms with Crippen molar-refractivity contribution in [1.29, 1.82) is 0 Å². The summed E-state index contributed by atoms with van der Waals surface area (Å²) in [6.07, 6.45) is 6.29. The van der Waals surface area contributed by atoms with Crippen LogP contribution >= 0.6 is 11.8 Å². The summed E-state index contributed by atoms with van der Waals surface area (Å²) in [5.74, 6) is 3.53. The monoisotopic (exact) mass is 385 g/mol. The van der Waals surface area contributed by atoms with Gasteiger partial charge in [0.25, 0.3) is 0 Å². The van der Waals surface area contributed by atoms with Gasteiger partial charge in [0.1, 0.15) is 11.6 Å². The molecule has 3 aromatic rings. The fraction of sp³-hybridized carbons (Fsp3) is 0.474. The molecule has 2 aromatic heterocycles. The van der Waals surface area contributed by atoms with Crippen molar-refractivity contribution < 1.29 is 9.26 Å². The number of nitrogens with zero attached hydrogens (tertiary/aromatic N) is 5. The first-order chi connectivity index (χ1) is 13.2. The first kappa shape index (κ1) is 18.0. The minimum atomic E-state index is 0.508. The first-order valence-electron chi connectivity index (χ1n) is 9.26. The maximum Gasteiger partial charge on any atom is 0.237 e. The van der Waals surface area contributed by atoms with Gasteiger partial charge in [0.05, 0.1) is 12.9 Å². The Morgan fingerprint density at radius 1 is 1.15 bits per heavy atom. The van der Waals surface area contributed by atoms with E-state index in [1.807, 2.05) is 31.2 Å². The molecular formula is C19H23N5O2S. The van der Waals surface area contributed by atoms with E-state index < -0.39 is 0 Å². The first-order valence-corrected chi connectivity index (χ1v) is 10.2. The van der Waals surface area contributed by atoms with Crippen LogP contribution in [0.15, 0.2) is 33.9 Å². The molecular weight excluding hydrogens is 362 g/mol. The van der Waals surface area contributed by atoms with Gasteiger partial charge in [-0.05, 0) is 44.0 Å². The molecule has 0 unspecified atom stereocenters. The smallest absolute Gasteiger partial charge is 0.237 e. The van der Waals surface area contributed by atoms with Crippen molar-refractivity contribution in [1.82, 2.24) is 24.9 Å². The summed E-state index contributed by atoms with van der Waals surface area (Å²) in [5, 5.41) is 13.7. The molecule has 0 atom stereocenters. The van der Waals surface area contributed by atoms with Crippen molar-refractivity contribution >= 4 is 11.8 Å². The van der Waals surface area contributed by atoms with Crippen molar-refractivity contribution in [2.45, 2.75) is 56.0 Å². The second-order valence-corrected chi connectivity index (χ2v) is 7.66. The van der Waals surface area contributed by atoms with Gasteiger partial charge >= 0.3 is 0 Å². The van der Waals surface area contributed by atoms with E-state index in [-0.39, 0.29) is 0 Å². The molecule has 0 spiro atoms. The number of hydrogen-bond donors (Lipinski definition) is 0. The van der Waals surface area contributed by atoms with Crippen molar-refractivity contribution in [2.24, 2.45) is 0 Å². The SMILES string of the molecule is COc1ccc(-c2noc(CSc3nnc(C)n3C3CCCCC3)n2)cc1. The molecule has 1 saturated carbocycles. The normalized spacial score (nSPS) is 15.2. The minimum Gasteiger partial charge on any atom is -0.497 e. The van der Waals surface area contributed by atoms with Crippen LogP contribution in [0.3, 0.4) is 0 Å². The molecule has 142 valence electrons. The van der Waals surface area contributed by atoms with Crippen LogP contribution in [0.1, 0.15) is 49.9 Å². The quantitative estimate of drug-likeness (QED) is 0.580. The summed E-state index contributed by atoms with van der Waals surface area (Å²) in [4.78, 5) is 4.50. The summed E-state index contributed by atoms with van der Waals surface area (Å²) < 4.78 is 12.9. The van der Waals surface area contributed by atoms with Crippen LogP contribution in [0.2, 0.25) is 0 Å². The summed E-state index contributed by atoms with van der Waals surface area (Å²) in [7, 11) is 1.65. The Labute approximate surface area is 162 Å². The van der Waals surface area contributed by atoms with E-state index in [9.17, 15) is 0 Å². The molecule has 1 aliphatic carbocycles. The Kier molecular flexibility index (Phi) is 5.42. The minimum absolute atomic E-state index is 0.508. The molecule has 2 heterocycles. The van der Waals surface area contributed by atoms with Crippen LogP contribution < -0.4 is 4.74 Å². The maximum absolute atomic E-state index is 5.42. The van der Waals surface area contributed by atoms with Gasteiger partial charge in [0.2, 0.25) is 11.7 Å². The highest BCUT2D eigenvalue weighted by molar-refractivity contribution is 7.98. The van der Waals surface area contributed by atoms with E-state index in [0.29, 0.717) is 23.5 Å². The Balaban J connectivity index is 1.44. The van der Waals surface area contributed by atoms with Crippen LogP contribution in [0.5, 0.6) is 5.75 Å². The summed E-state index contributed by atoms with van der Waals surface area (Å²) >= 11 is 1.60. The third-order valence-corrected chi connectivity index (χ3v) is 5.84. The molecule has 0 N–H and O–H groups in total. The highest BCUT2D eigenvalue weighted by atomic mass is 32.2. The van der Waals surface area contributed by atoms with Gasteiger partial charge in [0, 0.05) is 11.6 Å². The number of ether oxygens (including phenoxy) is 1. The Bertz CT molecular complexity index is 884. The van der Waals surface area contributed by atoms with Crippen LogP contribution in [0.25, 0.3) is 11.4 Å². The zero-order chi connectivity index (χ0) is 18.6. The lowest BCUT2D eigenvalue weighted by atomic mass is 9.95. The van der Waals surface area contributed by atoms with Gasteiger partial charge < -0.3 is 13.8 Å². The van der Waals surface area contributed by atoms with Gasteiger partial charge in [-0.2, -0.15) is 4.98 Å². The molecule has 1 aliphatic rings. The second kappa shape index (κ2) is 8.12. The third-order valence-electron chi connectivity index (χ3n) is 4.92. The van der Waals surface area contributed by atoms with Crippen LogP contribution in [-0.4, -0.2) is 32.0 Å². The fourth-order valence-electron chi connectivity index (χ4n) is 3.51. The Hall–Kier alpha value is -2.35. The van der Waals surface area contributed by atoms with E-state index in [2.05, 4.69) is 24.9 Å². The lowest BCUT2D eigenvalue weighted by Gasteiger charge is -2.24. The molecule has 0 bridgehead atoms. The predicted molar refractivity (Wildman–Crippen MR) is 103 cm³/mol. The van der Waals surface area contributed by atoms with Gasteiger partial charge in [0.15, 0.2) is 5.16 Å². The van der Waals surface area contributed by atoms with Gasteiger partial charge in [-0.25, -0.2) is 0 Å². The molecule has 0 amide bonds. The van der Waals surface area contributed by atoms with E-state index in [1.165, 1.54) is 32.1 Å². The number of hydrogen-bond acceptors (Lipinski definition) is 7. The molecule has 8 heteroatoms. The van der Waals surface area contributed by atoms with Crippen LogP contribution in [0, 0.1) is 6.92 Å². The number of rotatable bonds is 6. The topological polar surface area (TPSA) is 78.9 Å². The standard InChI is InChI=1S/C19H23N5O2S/c1-13-21-22-19(24(13)15-6-4-3-5-7-15)27-12-17-20-18(23-26-17)14-8-10-16(25-2)11-9-14/h8-11,15H,3-7,12H2,1-2H3. The van der Waals surface area contributed by atoms with Crippen LogP contribution in [0.4, 0.5) is 0 Å². The molecule has 0 radical (unpaired) electrons. The summed E-state index contributed by atoms with van der Waals surface area (Å²) in [6, 6.07) is 8.12. The average molecular weight is 385 g/mol. The number of aryl methyl sites for hydroxylation is 1. The lowest BCUT2D eigenvalue weighted by Crippen LogP contribution is -2.15. The summed E-state index contributed by atoms with van der Waals surface area (Å²) in [5.41, 5.74) is 0.900. The predicted octanol–water partition coefficient (Wildman–Crippen LogP) is 4.44. The molecule has 27 heavy (non-hydrogen) atoms. The van der Waals surface area contributed by atoms with Gasteiger partial charge in [-0.3, -0.25) is 0 Å². The molecule has 0 saturated heterocycles. The Morgan fingerprint density at radius 3 is 2.67 bits per heavy atom. The highest BCUT2D eigenvalue weighted by Crippen LogP contribution is 2.33. The zero-order valence-corrected chi connectivity index (χ0v) is 16.4. The fourth-order valence-corrected chi connectivity index (χ4v) is 4.39. The second-order valence-electron chi connectivity index (χ2n) is 6.72. The largest absolute Gasteiger partial charge is 0.497 e. The van der Waals surface area contributed by atoms with E-state index in [0.717, 1.165) is 22.3 Å². The van der Waals surface area contributed by atoms with Crippen molar-refractivity contribution in [3.63, 3.8) is 0 Å². The van der Waals surface area contributed by atoms with E-state index in [1.54, 1.807) is 18.9 Å². The molecule has 0 aliphatic heterocycles. The maximum atomic E-state index is 5.42. The number of thioether (sulfide) groups is 1. The van der Waals surface area contributed by atoms with Crippen molar-refractivity contribution in [3.8, 4) is 17.1 Å². The average Bonchev–Trinajstić information content (AvgIpc) is 3.34. The summed E-state index contributed by atoms with van der Waals surface area (Å²) in [6.45, 7) is 2.03. The molecule has 1 aromatic carbocycles. The highest BCUT2D eigenvalue weighted by Gasteiger charge is 2.22. The number of methoxy groups -OCH3 is 1. The molecule has 7 nitrogen and oxygen atoms in total. The number of aromatic nitrogens is 5. The number of benzene rings is 1. The third kappa shape index (κ3) is 4.00. The van der Waals surface area contributed by atoms with Crippen molar-refractivity contribution in [2.75, 3.05) is 7.11 Å². The molecule has 1 fully saturated rings. The van der Waals surface area contributed by atoms with E-state index in [4.69, 9.17) is 9.26 Å². The van der Waals surface area contributed by atoms with Crippen LogP contribution in [-0.2, 0) is 5.75 Å². The van der Waals surface area contributed by atoms with Crippen molar-refractivity contribution in [3.05, 3.63) is 36.0 Å².